The van der Waals surface area contributed by atoms with Crippen LogP contribution in [0.4, 0.5) is 8.78 Å². The summed E-state index contributed by atoms with van der Waals surface area (Å²) in [5.41, 5.74) is 5.55. The van der Waals surface area contributed by atoms with Crippen LogP contribution < -0.4 is 18.9 Å². The number of rotatable bonds is 7. The molecule has 0 spiro atoms. The van der Waals surface area contributed by atoms with Crippen LogP contribution in [-0.2, 0) is 11.3 Å². The highest BCUT2D eigenvalue weighted by atomic mass is 19.1. The third kappa shape index (κ3) is 6.12. The monoisotopic (exact) mass is 627 g/mol. The zero-order valence-corrected chi connectivity index (χ0v) is 26.2. The summed E-state index contributed by atoms with van der Waals surface area (Å²) in [4.78, 5) is 4.21. The van der Waals surface area contributed by atoms with E-state index in [1.807, 2.05) is 53.5 Å². The van der Waals surface area contributed by atoms with Crippen LogP contribution in [-0.4, -0.2) is 51.0 Å². The number of hydrogen-bond acceptors (Lipinski definition) is 7. The Morgan fingerprint density at radius 2 is 1.41 bits per heavy atom. The second kappa shape index (κ2) is 13.6. The lowest BCUT2D eigenvalue weighted by Gasteiger charge is -2.23. The fraction of sp³-hybridized carbons (Fsp3) is 0.278. The molecule has 1 aromatic heterocycles. The zero-order valence-electron chi connectivity index (χ0n) is 26.2. The first-order valence-corrected chi connectivity index (χ1v) is 15.0. The number of benzene rings is 4. The maximum Gasteiger partial charge on any atom is 0.173 e. The molecule has 0 saturated carbocycles. The fourth-order valence-corrected chi connectivity index (χ4v) is 5.73. The smallest absolute Gasteiger partial charge is 0.173 e. The largest absolute Gasteiger partial charge is 0.497 e. The molecule has 0 bridgehead atoms. The van der Waals surface area contributed by atoms with E-state index in [-0.39, 0.29) is 23.5 Å². The number of aromatic nitrogens is 2. The molecule has 7 rings (SSSR count). The molecule has 5 aromatic rings. The van der Waals surface area contributed by atoms with Gasteiger partial charge in [-0.1, -0.05) is 24.3 Å². The van der Waals surface area contributed by atoms with Crippen molar-refractivity contribution >= 4 is 17.1 Å². The van der Waals surface area contributed by atoms with Gasteiger partial charge in [0.15, 0.2) is 29.4 Å². The van der Waals surface area contributed by atoms with E-state index in [2.05, 4.69) is 10.1 Å². The first kappa shape index (κ1) is 31.0. The van der Waals surface area contributed by atoms with E-state index in [4.69, 9.17) is 23.7 Å². The minimum Gasteiger partial charge on any atom is -0.497 e. The van der Waals surface area contributed by atoms with Crippen molar-refractivity contribution < 1.29 is 32.5 Å². The average molecular weight is 628 g/mol. The summed E-state index contributed by atoms with van der Waals surface area (Å²) in [7, 11) is 5.99. The van der Waals surface area contributed by atoms with Crippen molar-refractivity contribution in [3.63, 3.8) is 0 Å². The number of nitrogens with zero attached hydrogens (tertiary/aromatic N) is 3. The predicted octanol–water partition coefficient (Wildman–Crippen LogP) is 8.00. The van der Waals surface area contributed by atoms with Crippen LogP contribution in [0, 0.1) is 11.6 Å². The molecular formula is C36H35F2N3O5. The Morgan fingerprint density at radius 1 is 0.761 bits per heavy atom. The highest BCUT2D eigenvalue weighted by Gasteiger charge is 2.20. The van der Waals surface area contributed by atoms with Gasteiger partial charge < -0.3 is 23.7 Å². The van der Waals surface area contributed by atoms with Crippen molar-refractivity contribution in [3.8, 4) is 45.3 Å². The van der Waals surface area contributed by atoms with Gasteiger partial charge in [0.1, 0.15) is 11.5 Å². The maximum atomic E-state index is 14.8. The highest BCUT2D eigenvalue weighted by molar-refractivity contribution is 5.86. The molecule has 1 unspecified atom stereocenters. The van der Waals surface area contributed by atoms with E-state index in [1.54, 1.807) is 26.4 Å². The van der Waals surface area contributed by atoms with Crippen molar-refractivity contribution in [2.24, 2.45) is 4.99 Å². The second-order valence-electron chi connectivity index (χ2n) is 10.9. The molecule has 2 aliphatic rings. The summed E-state index contributed by atoms with van der Waals surface area (Å²) in [6, 6.07) is 18.0. The standard InChI is InChI=1S/C20H21FN2O3.C16H14FNO2/c1-24-15-10-16(20(21)18(11-15)25-2)13-6-7-14-12-22-23(17(14)9-13)19-5-3-4-8-26-19;1-19-13-6-14(16(17)15(7-13)20-2)10-3-4-11-8-18-9-12(11)5-10/h6-7,9-12,19H,3-5,8H2,1-2H3;3-8H,9H2,1-2H3. The summed E-state index contributed by atoms with van der Waals surface area (Å²) in [6.07, 6.45) is 6.72. The molecule has 1 saturated heterocycles. The van der Waals surface area contributed by atoms with Crippen molar-refractivity contribution in [2.75, 3.05) is 35.0 Å². The van der Waals surface area contributed by atoms with Crippen molar-refractivity contribution in [2.45, 2.75) is 32.0 Å². The molecule has 3 heterocycles. The SMILES string of the molecule is COc1cc(OC)c(F)c(-c2ccc3c(c2)CN=C3)c1.COc1cc(OC)c(F)c(-c2ccc3cnn(C4CCCCO4)c3c2)c1. The van der Waals surface area contributed by atoms with Gasteiger partial charge in [-0.25, -0.2) is 13.5 Å². The predicted molar refractivity (Wildman–Crippen MR) is 173 cm³/mol. The molecule has 0 amide bonds. The lowest BCUT2D eigenvalue weighted by Crippen LogP contribution is -2.18. The number of methoxy groups -OCH3 is 4. The summed E-state index contributed by atoms with van der Waals surface area (Å²) < 4.78 is 57.7. The summed E-state index contributed by atoms with van der Waals surface area (Å²) in [6.45, 7) is 1.39. The van der Waals surface area contributed by atoms with Crippen molar-refractivity contribution in [3.05, 3.63) is 89.6 Å². The fourth-order valence-electron chi connectivity index (χ4n) is 5.73. The molecule has 1 atom stereocenters. The van der Waals surface area contributed by atoms with Gasteiger partial charge in [-0.2, -0.15) is 5.10 Å². The van der Waals surface area contributed by atoms with Crippen LogP contribution in [0.5, 0.6) is 23.0 Å². The highest BCUT2D eigenvalue weighted by Crippen LogP contribution is 2.37. The third-order valence-corrected chi connectivity index (χ3v) is 8.22. The summed E-state index contributed by atoms with van der Waals surface area (Å²) in [5, 5.41) is 5.49. The quantitative estimate of drug-likeness (QED) is 0.182. The van der Waals surface area contributed by atoms with Crippen molar-refractivity contribution in [1.82, 2.24) is 9.78 Å². The Kier molecular flexibility index (Phi) is 9.16. The van der Waals surface area contributed by atoms with Crippen molar-refractivity contribution in [1.29, 1.82) is 0 Å². The number of ether oxygens (including phenoxy) is 5. The molecule has 0 radical (unpaired) electrons. The van der Waals surface area contributed by atoms with Gasteiger partial charge in [0.25, 0.3) is 0 Å². The van der Waals surface area contributed by atoms with Gasteiger partial charge in [-0.05, 0) is 65.8 Å². The second-order valence-corrected chi connectivity index (χ2v) is 10.9. The van der Waals surface area contributed by atoms with Gasteiger partial charge in [0.05, 0.1) is 46.7 Å². The van der Waals surface area contributed by atoms with E-state index in [1.165, 1.54) is 26.4 Å². The third-order valence-electron chi connectivity index (χ3n) is 8.22. The molecule has 2 aliphatic heterocycles. The Hall–Kier alpha value is -4.96. The molecule has 0 aliphatic carbocycles. The van der Waals surface area contributed by atoms with E-state index in [9.17, 15) is 8.78 Å². The number of halogens is 2. The van der Waals surface area contributed by atoms with E-state index < -0.39 is 5.82 Å². The van der Waals surface area contributed by atoms with Gasteiger partial charge in [0, 0.05) is 41.5 Å². The van der Waals surface area contributed by atoms with E-state index in [0.29, 0.717) is 29.2 Å². The molecular weight excluding hydrogens is 592 g/mol. The Bertz CT molecular complexity index is 1900. The van der Waals surface area contributed by atoms with Crippen LogP contribution in [0.2, 0.25) is 0 Å². The average Bonchev–Trinajstić information content (AvgIpc) is 3.76. The summed E-state index contributed by atoms with van der Waals surface area (Å²) in [5.74, 6) is 0.650. The van der Waals surface area contributed by atoms with Gasteiger partial charge in [-0.3, -0.25) is 4.99 Å². The van der Waals surface area contributed by atoms with Crippen LogP contribution >= 0.6 is 0 Å². The van der Waals surface area contributed by atoms with Crippen LogP contribution in [0.25, 0.3) is 33.2 Å². The normalized spacial score (nSPS) is 15.2. The van der Waals surface area contributed by atoms with Crippen LogP contribution in [0.3, 0.4) is 0 Å². The summed E-state index contributed by atoms with van der Waals surface area (Å²) >= 11 is 0. The number of aliphatic imine (C=N–C) groups is 1. The first-order chi connectivity index (χ1) is 22.4. The molecule has 1 fully saturated rings. The molecule has 0 N–H and O–H groups in total. The topological polar surface area (TPSA) is 76.3 Å². The molecule has 4 aromatic carbocycles. The van der Waals surface area contributed by atoms with Crippen LogP contribution in [0.1, 0.15) is 36.6 Å². The Labute approximate surface area is 266 Å². The van der Waals surface area contributed by atoms with E-state index in [0.717, 1.165) is 59.0 Å². The van der Waals surface area contributed by atoms with Gasteiger partial charge in [-0.15, -0.1) is 0 Å². The minimum absolute atomic E-state index is 0.0683. The molecule has 10 heteroatoms. The van der Waals surface area contributed by atoms with Gasteiger partial charge >= 0.3 is 0 Å². The molecule has 238 valence electrons. The lowest BCUT2D eigenvalue weighted by molar-refractivity contribution is -0.0366. The lowest BCUT2D eigenvalue weighted by atomic mass is 9.99. The molecule has 46 heavy (non-hydrogen) atoms. The molecule has 8 nitrogen and oxygen atoms in total. The first-order valence-electron chi connectivity index (χ1n) is 15.0. The van der Waals surface area contributed by atoms with Crippen LogP contribution in [0.15, 0.2) is 71.9 Å². The number of hydrogen-bond donors (Lipinski definition) is 0. The zero-order chi connectivity index (χ0) is 32.2. The maximum absolute atomic E-state index is 14.8. The Morgan fingerprint density at radius 3 is 2.02 bits per heavy atom. The number of fused-ring (bicyclic) bond motifs is 2. The van der Waals surface area contributed by atoms with Gasteiger partial charge in [0.2, 0.25) is 0 Å². The van der Waals surface area contributed by atoms with E-state index >= 15 is 0 Å². The minimum atomic E-state index is -0.410. The Balaban J connectivity index is 0.000000167.